The molecule has 9 heteroatoms. The number of piperidine rings is 1. The van der Waals surface area contributed by atoms with Gasteiger partial charge >= 0.3 is 5.97 Å². The Morgan fingerprint density at radius 1 is 1.00 bits per heavy atom. The van der Waals surface area contributed by atoms with Crippen LogP contribution in [0.15, 0.2) is 54.7 Å². The van der Waals surface area contributed by atoms with E-state index in [1.54, 1.807) is 33.3 Å². The molecular formula is C31H35FN2O6. The molecule has 1 amide bonds. The van der Waals surface area contributed by atoms with Gasteiger partial charge in [0.25, 0.3) is 0 Å². The highest BCUT2D eigenvalue weighted by molar-refractivity contribution is 5.77. The number of carbonyl (C=O) groups is 2. The van der Waals surface area contributed by atoms with Gasteiger partial charge in [-0.2, -0.15) is 0 Å². The molecule has 0 N–H and O–H groups in total. The van der Waals surface area contributed by atoms with Crippen LogP contribution in [0.2, 0.25) is 0 Å². The quantitative estimate of drug-likeness (QED) is 0.351. The minimum absolute atomic E-state index is 0.0270. The van der Waals surface area contributed by atoms with Crippen molar-refractivity contribution in [3.05, 3.63) is 77.4 Å². The highest BCUT2D eigenvalue weighted by Crippen LogP contribution is 2.46. The number of amides is 1. The Balaban J connectivity index is 1.43. The predicted octanol–water partition coefficient (Wildman–Crippen LogP) is 5.38. The third-order valence-electron chi connectivity index (χ3n) is 7.75. The monoisotopic (exact) mass is 550 g/mol. The average molecular weight is 551 g/mol. The smallest absolute Gasteiger partial charge is 0.306 e. The fourth-order valence-electron chi connectivity index (χ4n) is 5.78. The number of nitrogens with zero attached hydrogens (tertiary/aromatic N) is 2. The average Bonchev–Trinajstić information content (AvgIpc) is 3.40. The number of hydrogen-bond donors (Lipinski definition) is 0. The summed E-state index contributed by atoms with van der Waals surface area (Å²) in [6.45, 7) is 3.33. The first-order valence-electron chi connectivity index (χ1n) is 13.7. The van der Waals surface area contributed by atoms with Gasteiger partial charge in [0.15, 0.2) is 11.5 Å². The van der Waals surface area contributed by atoms with Crippen LogP contribution in [0.1, 0.15) is 61.6 Å². The Bertz CT molecular complexity index is 1360. The van der Waals surface area contributed by atoms with Gasteiger partial charge in [-0.25, -0.2) is 4.39 Å². The van der Waals surface area contributed by atoms with Gasteiger partial charge in [-0.15, -0.1) is 0 Å². The highest BCUT2D eigenvalue weighted by Gasteiger charge is 2.35. The Hall–Kier alpha value is -3.85. The molecular weight excluding hydrogens is 515 g/mol. The van der Waals surface area contributed by atoms with Crippen molar-refractivity contribution in [3.63, 3.8) is 0 Å². The molecule has 0 bridgehead atoms. The SMILES string of the molecule is CCOC(=O)CC1CCN(C(=O)CC2OC(c3cccc(OC)c3OC)c3cc(F)ccc3-n3cccc32)CC1. The topological polar surface area (TPSA) is 79.2 Å². The summed E-state index contributed by atoms with van der Waals surface area (Å²) in [5.41, 5.74) is 2.88. The number of fused-ring (bicyclic) bond motifs is 3. The number of ether oxygens (including phenoxy) is 4. The predicted molar refractivity (Wildman–Crippen MR) is 146 cm³/mol. The first-order valence-corrected chi connectivity index (χ1v) is 13.7. The number of carbonyl (C=O) groups excluding carboxylic acids is 2. The second kappa shape index (κ2) is 12.1. The van der Waals surface area contributed by atoms with Crippen molar-refractivity contribution in [3.8, 4) is 17.2 Å². The first kappa shape index (κ1) is 27.7. The van der Waals surface area contributed by atoms with Crippen molar-refractivity contribution >= 4 is 11.9 Å². The Morgan fingerprint density at radius 2 is 1.80 bits per heavy atom. The lowest BCUT2D eigenvalue weighted by Gasteiger charge is -2.33. The number of hydrogen-bond acceptors (Lipinski definition) is 6. The molecule has 2 unspecified atom stereocenters. The molecule has 3 aromatic rings. The van der Waals surface area contributed by atoms with Crippen LogP contribution in [0.25, 0.3) is 5.69 Å². The van der Waals surface area contributed by atoms with Gasteiger partial charge in [-0.05, 0) is 62.1 Å². The molecule has 0 saturated carbocycles. The number of methoxy groups -OCH3 is 2. The van der Waals surface area contributed by atoms with Crippen molar-refractivity contribution in [2.24, 2.45) is 5.92 Å². The zero-order valence-electron chi connectivity index (χ0n) is 23.1. The Morgan fingerprint density at radius 3 is 2.52 bits per heavy atom. The van der Waals surface area contributed by atoms with Gasteiger partial charge in [0.05, 0.1) is 38.6 Å². The van der Waals surface area contributed by atoms with E-state index in [-0.39, 0.29) is 30.0 Å². The number of para-hydroxylation sites is 1. The zero-order chi connectivity index (χ0) is 28.2. The standard InChI is InChI=1S/C31H35FN2O6/c1-4-39-29(36)17-20-12-15-33(16-13-20)28(35)19-27-25-8-6-14-34(25)24-11-10-21(32)18-23(24)30(40-27)22-7-5-9-26(37-2)31(22)38-3/h5-11,14,18,20,27,30H,4,12-13,15-17,19H2,1-3H3. The van der Waals surface area contributed by atoms with Crippen LogP contribution in [0.4, 0.5) is 4.39 Å². The number of rotatable bonds is 8. The van der Waals surface area contributed by atoms with Gasteiger partial charge in [-0.1, -0.05) is 12.1 Å². The lowest BCUT2D eigenvalue weighted by molar-refractivity contribution is -0.144. The fraction of sp³-hybridized carbons (Fsp3) is 0.419. The number of benzene rings is 2. The molecule has 3 heterocycles. The molecule has 2 aliphatic heterocycles. The molecule has 40 heavy (non-hydrogen) atoms. The summed E-state index contributed by atoms with van der Waals surface area (Å²) in [4.78, 5) is 27.3. The maximum absolute atomic E-state index is 14.6. The highest BCUT2D eigenvalue weighted by atomic mass is 19.1. The zero-order valence-corrected chi connectivity index (χ0v) is 23.1. The van der Waals surface area contributed by atoms with Gasteiger partial charge in [0.1, 0.15) is 18.0 Å². The lowest BCUT2D eigenvalue weighted by Crippen LogP contribution is -2.39. The van der Waals surface area contributed by atoms with Crippen LogP contribution >= 0.6 is 0 Å². The van der Waals surface area contributed by atoms with E-state index in [9.17, 15) is 14.0 Å². The number of halogens is 1. The first-order chi connectivity index (χ1) is 19.4. The van der Waals surface area contributed by atoms with Crippen LogP contribution < -0.4 is 9.47 Å². The van der Waals surface area contributed by atoms with Gasteiger partial charge in [0.2, 0.25) is 5.91 Å². The second-order valence-electron chi connectivity index (χ2n) is 10.1. The fourth-order valence-corrected chi connectivity index (χ4v) is 5.78. The van der Waals surface area contributed by atoms with Crippen LogP contribution in [0, 0.1) is 11.7 Å². The van der Waals surface area contributed by atoms with Crippen molar-refractivity contribution in [1.82, 2.24) is 9.47 Å². The van der Waals surface area contributed by atoms with E-state index in [0.29, 0.717) is 48.7 Å². The molecule has 0 radical (unpaired) electrons. The summed E-state index contributed by atoms with van der Waals surface area (Å²) < 4.78 is 39.7. The molecule has 1 aromatic heterocycles. The summed E-state index contributed by atoms with van der Waals surface area (Å²) >= 11 is 0. The van der Waals surface area contributed by atoms with E-state index in [4.69, 9.17) is 18.9 Å². The largest absolute Gasteiger partial charge is 0.493 e. The summed E-state index contributed by atoms with van der Waals surface area (Å²) in [6, 6.07) is 14.0. The maximum atomic E-state index is 14.6. The van der Waals surface area contributed by atoms with Crippen LogP contribution in [-0.2, 0) is 19.1 Å². The van der Waals surface area contributed by atoms with Crippen molar-refractivity contribution in [1.29, 1.82) is 0 Å². The minimum atomic E-state index is -0.719. The molecule has 212 valence electrons. The summed E-state index contributed by atoms with van der Waals surface area (Å²) in [6.07, 6.45) is 2.58. The summed E-state index contributed by atoms with van der Waals surface area (Å²) in [5, 5.41) is 0. The molecule has 1 saturated heterocycles. The molecule has 2 atom stereocenters. The van der Waals surface area contributed by atoms with Crippen molar-refractivity contribution in [2.45, 2.75) is 44.8 Å². The summed E-state index contributed by atoms with van der Waals surface area (Å²) in [7, 11) is 3.12. The molecule has 2 aromatic carbocycles. The van der Waals surface area contributed by atoms with E-state index in [0.717, 1.165) is 24.2 Å². The third-order valence-corrected chi connectivity index (χ3v) is 7.75. The van der Waals surface area contributed by atoms with Crippen molar-refractivity contribution < 1.29 is 32.9 Å². The summed E-state index contributed by atoms with van der Waals surface area (Å²) in [5.74, 6) is 0.636. The second-order valence-corrected chi connectivity index (χ2v) is 10.1. The van der Waals surface area contributed by atoms with Gasteiger partial charge in [0, 0.05) is 36.8 Å². The normalized spacial score (nSPS) is 18.9. The number of likely N-dealkylation sites (tertiary alicyclic amines) is 1. The maximum Gasteiger partial charge on any atom is 0.306 e. The van der Waals surface area contributed by atoms with E-state index in [1.165, 1.54) is 12.1 Å². The number of aromatic nitrogens is 1. The molecule has 0 spiro atoms. The molecule has 2 aliphatic rings. The molecule has 5 rings (SSSR count). The Labute approximate surface area is 233 Å². The lowest BCUT2D eigenvalue weighted by atomic mass is 9.93. The van der Waals surface area contributed by atoms with E-state index < -0.39 is 12.2 Å². The van der Waals surface area contributed by atoms with E-state index in [2.05, 4.69) is 0 Å². The van der Waals surface area contributed by atoms with E-state index in [1.807, 2.05) is 39.9 Å². The van der Waals surface area contributed by atoms with Crippen LogP contribution in [0.5, 0.6) is 11.5 Å². The molecule has 1 fully saturated rings. The van der Waals surface area contributed by atoms with Gasteiger partial charge < -0.3 is 28.4 Å². The van der Waals surface area contributed by atoms with Crippen molar-refractivity contribution in [2.75, 3.05) is 33.9 Å². The van der Waals surface area contributed by atoms with Gasteiger partial charge in [-0.3, -0.25) is 9.59 Å². The minimum Gasteiger partial charge on any atom is -0.493 e. The molecule has 0 aliphatic carbocycles. The Kier molecular flexibility index (Phi) is 8.40. The number of esters is 1. The third kappa shape index (κ3) is 5.56. The van der Waals surface area contributed by atoms with E-state index >= 15 is 0 Å². The van der Waals surface area contributed by atoms with Crippen LogP contribution in [0.3, 0.4) is 0 Å². The van der Waals surface area contributed by atoms with Crippen LogP contribution in [-0.4, -0.2) is 55.3 Å². The molecule has 8 nitrogen and oxygen atoms in total.